The smallest absolute Gasteiger partial charge is 0.372 e. The Balaban J connectivity index is 1.50. The van der Waals surface area contributed by atoms with Gasteiger partial charge in [0.25, 0.3) is 11.8 Å². The largest absolute Gasteiger partial charge is 0.417 e. The molecular weight excluding hydrogens is 635 g/mol. The fraction of sp³-hybridized carbons (Fsp3) is 0.382. The first-order valence-electron chi connectivity index (χ1n) is 15.4. The molecule has 1 heterocycles. The summed E-state index contributed by atoms with van der Waals surface area (Å²) in [6.07, 6.45) is -0.302. The van der Waals surface area contributed by atoms with Crippen LogP contribution in [0.25, 0.3) is 0 Å². The second-order valence-electron chi connectivity index (χ2n) is 10.9. The van der Waals surface area contributed by atoms with Crippen LogP contribution in [-0.2, 0) is 11.9 Å². The van der Waals surface area contributed by atoms with Crippen LogP contribution in [0, 0.1) is 0 Å². The van der Waals surface area contributed by atoms with Gasteiger partial charge < -0.3 is 15.1 Å². The van der Waals surface area contributed by atoms with Crippen LogP contribution in [0.1, 0.15) is 70.5 Å². The van der Waals surface area contributed by atoms with Crippen molar-refractivity contribution in [1.82, 2.24) is 10.3 Å². The van der Waals surface area contributed by atoms with Crippen LogP contribution in [0.3, 0.4) is 0 Å². The first kappa shape index (κ1) is 35.3. The molecule has 0 spiro atoms. The van der Waals surface area contributed by atoms with Gasteiger partial charge in [-0.2, -0.15) is 30.0 Å². The molecule has 1 fully saturated rings. The molecule has 2 amide bonds. The monoisotopic (exact) mass is 673 g/mol. The lowest BCUT2D eigenvalue weighted by atomic mass is 10.1. The third-order valence-electron chi connectivity index (χ3n) is 7.80. The second-order valence-corrected chi connectivity index (χ2v) is 12.5. The molecule has 0 radical (unpaired) electrons. The van der Waals surface area contributed by atoms with E-state index >= 15 is 0 Å². The van der Waals surface area contributed by atoms with Crippen molar-refractivity contribution >= 4 is 52.8 Å². The summed E-state index contributed by atoms with van der Waals surface area (Å²) in [5, 5.41) is 6.34. The molecule has 7 nitrogen and oxygen atoms in total. The molecule has 1 aliphatic rings. The van der Waals surface area contributed by atoms with Crippen molar-refractivity contribution < 1.29 is 22.8 Å². The number of rotatable bonds is 13. The summed E-state index contributed by atoms with van der Waals surface area (Å²) in [5.41, 5.74) is 4.32. The Kier molecular flexibility index (Phi) is 12.9. The topological polar surface area (TPSA) is 77.0 Å². The van der Waals surface area contributed by atoms with Crippen molar-refractivity contribution in [2.45, 2.75) is 45.0 Å². The highest BCUT2D eigenvalue weighted by Crippen LogP contribution is 2.35. The number of alkyl halides is 3. The molecule has 0 aromatic heterocycles. The van der Waals surface area contributed by atoms with E-state index in [9.17, 15) is 22.8 Å². The summed E-state index contributed by atoms with van der Waals surface area (Å²) in [5.74, 6) is 0.786. The van der Waals surface area contributed by atoms with Crippen LogP contribution >= 0.6 is 23.4 Å². The lowest BCUT2D eigenvalue weighted by molar-refractivity contribution is -0.137. The van der Waals surface area contributed by atoms with Gasteiger partial charge in [-0.05, 0) is 85.9 Å². The van der Waals surface area contributed by atoms with Crippen molar-refractivity contribution in [2.75, 3.05) is 48.7 Å². The number of amides is 2. The normalized spacial score (nSPS) is 13.8. The number of nitrogens with one attached hydrogen (secondary N) is 2. The van der Waals surface area contributed by atoms with E-state index < -0.39 is 22.7 Å². The van der Waals surface area contributed by atoms with Gasteiger partial charge in [0.2, 0.25) is 0 Å². The van der Waals surface area contributed by atoms with Crippen molar-refractivity contribution in [2.24, 2.45) is 5.10 Å². The molecule has 0 saturated carbocycles. The maximum atomic E-state index is 13.4. The van der Waals surface area contributed by atoms with Gasteiger partial charge in [0.05, 0.1) is 28.1 Å². The van der Waals surface area contributed by atoms with Crippen LogP contribution in [0.2, 0.25) is 5.02 Å². The van der Waals surface area contributed by atoms with Crippen LogP contribution in [0.5, 0.6) is 0 Å². The number of anilines is 2. The predicted octanol–water partition coefficient (Wildman–Crippen LogP) is 7.94. The summed E-state index contributed by atoms with van der Waals surface area (Å²) in [6.45, 7) is 9.04. The summed E-state index contributed by atoms with van der Waals surface area (Å²) in [4.78, 5) is 31.3. The molecule has 246 valence electrons. The van der Waals surface area contributed by atoms with E-state index in [0.717, 1.165) is 93.1 Å². The van der Waals surface area contributed by atoms with E-state index in [-0.39, 0.29) is 17.0 Å². The number of carbonyl (C=O) groups is 2. The highest BCUT2D eigenvalue weighted by Gasteiger charge is 2.33. The zero-order valence-electron chi connectivity index (χ0n) is 26.0. The van der Waals surface area contributed by atoms with E-state index in [2.05, 4.69) is 39.5 Å². The fourth-order valence-electron chi connectivity index (χ4n) is 5.16. The maximum Gasteiger partial charge on any atom is 0.417 e. The lowest BCUT2D eigenvalue weighted by Gasteiger charge is -2.29. The van der Waals surface area contributed by atoms with Gasteiger partial charge in [-0.15, -0.1) is 0 Å². The van der Waals surface area contributed by atoms with Gasteiger partial charge >= 0.3 is 6.18 Å². The van der Waals surface area contributed by atoms with E-state index in [1.807, 2.05) is 36.0 Å². The molecule has 3 aromatic rings. The van der Waals surface area contributed by atoms with E-state index in [0.29, 0.717) is 11.3 Å². The second kappa shape index (κ2) is 16.9. The standard InChI is InChI=1S/C34H39ClF3N5O2S/c1-3-42(4-2)17-18-46-23-25-9-8-10-26(19-25)32(44)40-31-14-12-27(43-15-6-5-7-16-43)21-28(31)33(45)41-39-22-24-11-13-30(35)29(20-24)34(36,37)38/h8-14,19-22H,3-7,15-18,23H2,1-2H3,(H,40,44)(H,41,45)/b39-22+. The number of nitrogens with zero attached hydrogens (tertiary/aromatic N) is 3. The zero-order chi connectivity index (χ0) is 33.1. The van der Waals surface area contributed by atoms with Crippen molar-refractivity contribution in [3.8, 4) is 0 Å². The molecule has 1 aliphatic heterocycles. The minimum atomic E-state index is -4.63. The van der Waals surface area contributed by atoms with Crippen molar-refractivity contribution in [1.29, 1.82) is 0 Å². The first-order valence-corrected chi connectivity index (χ1v) is 16.9. The number of carbonyl (C=O) groups excluding carboxylic acids is 2. The first-order chi connectivity index (χ1) is 22.1. The number of hydrogen-bond acceptors (Lipinski definition) is 6. The third-order valence-corrected chi connectivity index (χ3v) is 9.14. The van der Waals surface area contributed by atoms with Gasteiger partial charge in [-0.3, -0.25) is 9.59 Å². The quantitative estimate of drug-likeness (QED) is 0.109. The van der Waals surface area contributed by atoms with E-state index in [4.69, 9.17) is 11.6 Å². The van der Waals surface area contributed by atoms with Gasteiger partial charge in [-0.1, -0.05) is 43.6 Å². The Morgan fingerprint density at radius 1 is 1.00 bits per heavy atom. The number of piperidine rings is 1. The van der Waals surface area contributed by atoms with Gasteiger partial charge in [-0.25, -0.2) is 5.43 Å². The summed E-state index contributed by atoms with van der Waals surface area (Å²) in [7, 11) is 0. The average Bonchev–Trinajstić information content (AvgIpc) is 3.05. The van der Waals surface area contributed by atoms with E-state index in [1.165, 1.54) is 6.07 Å². The summed E-state index contributed by atoms with van der Waals surface area (Å²) >= 11 is 7.52. The molecule has 4 rings (SSSR count). The lowest BCUT2D eigenvalue weighted by Crippen LogP contribution is -2.30. The highest BCUT2D eigenvalue weighted by molar-refractivity contribution is 7.98. The van der Waals surface area contributed by atoms with Crippen LogP contribution < -0.4 is 15.6 Å². The number of hydrogen-bond donors (Lipinski definition) is 2. The van der Waals surface area contributed by atoms with E-state index in [1.54, 1.807) is 18.2 Å². The number of hydrazone groups is 1. The average molecular weight is 674 g/mol. The number of halogens is 4. The fourth-order valence-corrected chi connectivity index (χ4v) is 6.34. The molecule has 46 heavy (non-hydrogen) atoms. The maximum absolute atomic E-state index is 13.4. The Morgan fingerprint density at radius 3 is 2.48 bits per heavy atom. The van der Waals surface area contributed by atoms with Gasteiger partial charge in [0.15, 0.2) is 0 Å². The SMILES string of the molecule is CCN(CC)CCSCc1cccc(C(=O)Nc2ccc(N3CCCCC3)cc2C(=O)N/N=C/c2ccc(Cl)c(C(F)(F)F)c2)c1. The minimum absolute atomic E-state index is 0.110. The summed E-state index contributed by atoms with van der Waals surface area (Å²) < 4.78 is 39.8. The van der Waals surface area contributed by atoms with Gasteiger partial charge in [0, 0.05) is 42.4 Å². The molecule has 0 atom stereocenters. The van der Waals surface area contributed by atoms with Crippen molar-refractivity contribution in [3.63, 3.8) is 0 Å². The van der Waals surface area contributed by atoms with Crippen LogP contribution in [0.4, 0.5) is 24.5 Å². The predicted molar refractivity (Wildman–Crippen MR) is 182 cm³/mol. The van der Waals surface area contributed by atoms with Crippen LogP contribution in [-0.4, -0.2) is 61.4 Å². The minimum Gasteiger partial charge on any atom is -0.372 e. The molecule has 1 saturated heterocycles. The Morgan fingerprint density at radius 2 is 1.76 bits per heavy atom. The molecule has 0 bridgehead atoms. The molecular formula is C34H39ClF3N5O2S. The molecule has 12 heteroatoms. The Hall–Kier alpha value is -3.54. The molecule has 0 aliphatic carbocycles. The Labute approximate surface area is 277 Å². The molecule has 0 unspecified atom stereocenters. The molecule has 3 aromatic carbocycles. The van der Waals surface area contributed by atoms with Crippen molar-refractivity contribution in [3.05, 3.63) is 93.5 Å². The van der Waals surface area contributed by atoms with Gasteiger partial charge in [0.1, 0.15) is 0 Å². The zero-order valence-corrected chi connectivity index (χ0v) is 27.6. The number of benzene rings is 3. The highest BCUT2D eigenvalue weighted by atomic mass is 35.5. The summed E-state index contributed by atoms with van der Waals surface area (Å²) in [6, 6.07) is 16.0. The number of thioether (sulfide) groups is 1. The Bertz CT molecular complexity index is 1520. The molecule has 2 N–H and O–H groups in total. The third kappa shape index (κ3) is 9.98. The van der Waals surface area contributed by atoms with Crippen LogP contribution in [0.15, 0.2) is 65.8 Å².